The number of fused-ring (bicyclic) bond motifs is 1. The number of nitrogens with zero attached hydrogens (tertiary/aromatic N) is 1. The van der Waals surface area contributed by atoms with Crippen LogP contribution in [0.5, 0.6) is 0 Å². The molecule has 2 nitrogen and oxygen atoms in total. The fraction of sp³-hybridized carbons (Fsp3) is 0.500. The minimum absolute atomic E-state index is 0.106. The number of rotatable bonds is 3. The number of hydrogen-bond donors (Lipinski definition) is 1. The van der Waals surface area contributed by atoms with Crippen LogP contribution >= 0.6 is 0 Å². The van der Waals surface area contributed by atoms with Crippen LogP contribution in [-0.4, -0.2) is 20.1 Å². The highest BCUT2D eigenvalue weighted by molar-refractivity contribution is 5.60. The molecule has 0 saturated heterocycles. The maximum Gasteiger partial charge on any atom is 0.146 e. The second-order valence-corrected chi connectivity index (χ2v) is 4.19. The van der Waals surface area contributed by atoms with Gasteiger partial charge in [-0.15, -0.1) is 0 Å². The van der Waals surface area contributed by atoms with E-state index in [1.807, 2.05) is 18.0 Å². The second kappa shape index (κ2) is 4.19. The minimum atomic E-state index is -0.106. The molecule has 1 atom stereocenters. The van der Waals surface area contributed by atoms with Crippen molar-refractivity contribution >= 4 is 5.69 Å². The van der Waals surface area contributed by atoms with Gasteiger partial charge in [0.15, 0.2) is 0 Å². The highest BCUT2D eigenvalue weighted by Gasteiger charge is 2.27. The Morgan fingerprint density at radius 1 is 1.53 bits per heavy atom. The van der Waals surface area contributed by atoms with Crippen LogP contribution in [0.2, 0.25) is 0 Å². The van der Waals surface area contributed by atoms with Crippen LogP contribution in [0.1, 0.15) is 24.3 Å². The Hall–Kier alpha value is -1.09. The molecule has 15 heavy (non-hydrogen) atoms. The van der Waals surface area contributed by atoms with Crippen molar-refractivity contribution in [2.45, 2.75) is 18.8 Å². The van der Waals surface area contributed by atoms with Crippen molar-refractivity contribution < 1.29 is 4.39 Å². The molecule has 1 aliphatic rings. The number of benzene rings is 1. The summed E-state index contributed by atoms with van der Waals surface area (Å²) in [5.74, 6) is 0.342. The summed E-state index contributed by atoms with van der Waals surface area (Å²) in [7, 11) is 1.95. The Bertz CT molecular complexity index is 351. The molecule has 0 spiro atoms. The fourth-order valence-electron chi connectivity index (χ4n) is 2.40. The van der Waals surface area contributed by atoms with Gasteiger partial charge in [0, 0.05) is 19.5 Å². The van der Waals surface area contributed by atoms with Gasteiger partial charge < -0.3 is 10.6 Å². The third kappa shape index (κ3) is 1.84. The molecule has 0 saturated carbocycles. The Kier molecular flexibility index (Phi) is 2.91. The summed E-state index contributed by atoms with van der Waals surface area (Å²) in [5.41, 5.74) is 7.43. The van der Waals surface area contributed by atoms with Crippen molar-refractivity contribution in [3.8, 4) is 0 Å². The fourth-order valence-corrected chi connectivity index (χ4v) is 2.40. The Balaban J connectivity index is 2.26. The van der Waals surface area contributed by atoms with Crippen LogP contribution < -0.4 is 10.6 Å². The summed E-state index contributed by atoms with van der Waals surface area (Å²) in [6.07, 6.45) is 2.06. The summed E-state index contributed by atoms with van der Waals surface area (Å²) < 4.78 is 13.6. The molecule has 2 rings (SSSR count). The van der Waals surface area contributed by atoms with Crippen molar-refractivity contribution in [3.63, 3.8) is 0 Å². The molecule has 3 heteroatoms. The van der Waals surface area contributed by atoms with E-state index in [2.05, 4.69) is 0 Å². The lowest BCUT2D eigenvalue weighted by molar-refractivity contribution is 0.620. The lowest BCUT2D eigenvalue weighted by Crippen LogP contribution is -2.16. The van der Waals surface area contributed by atoms with Gasteiger partial charge in [-0.25, -0.2) is 4.39 Å². The monoisotopic (exact) mass is 208 g/mol. The first kappa shape index (κ1) is 10.4. The number of anilines is 1. The molecule has 1 aromatic carbocycles. The van der Waals surface area contributed by atoms with Gasteiger partial charge >= 0.3 is 0 Å². The average Bonchev–Trinajstić information content (AvgIpc) is 2.54. The largest absolute Gasteiger partial charge is 0.371 e. The van der Waals surface area contributed by atoms with Crippen LogP contribution in [0.25, 0.3) is 0 Å². The highest BCUT2D eigenvalue weighted by Crippen LogP contribution is 2.39. The third-order valence-electron chi connectivity index (χ3n) is 3.09. The first-order valence-electron chi connectivity index (χ1n) is 5.43. The molecule has 1 aliphatic heterocycles. The van der Waals surface area contributed by atoms with E-state index in [1.54, 1.807) is 6.07 Å². The molecule has 0 amide bonds. The van der Waals surface area contributed by atoms with E-state index in [0.717, 1.165) is 30.6 Å². The molecule has 1 heterocycles. The van der Waals surface area contributed by atoms with Gasteiger partial charge in [-0.1, -0.05) is 12.1 Å². The SMILES string of the molecule is CN1CC(CCCN)c2cccc(F)c21. The molecule has 82 valence electrons. The maximum absolute atomic E-state index is 13.6. The lowest BCUT2D eigenvalue weighted by atomic mass is 9.96. The summed E-state index contributed by atoms with van der Waals surface area (Å²) in [5, 5.41) is 0. The zero-order chi connectivity index (χ0) is 10.8. The summed E-state index contributed by atoms with van der Waals surface area (Å²) in [6, 6.07) is 5.35. The van der Waals surface area contributed by atoms with Crippen LogP contribution in [0.15, 0.2) is 18.2 Å². The van der Waals surface area contributed by atoms with E-state index < -0.39 is 0 Å². The normalized spacial score (nSPS) is 19.4. The Labute approximate surface area is 89.9 Å². The number of hydrogen-bond acceptors (Lipinski definition) is 2. The topological polar surface area (TPSA) is 29.3 Å². The van der Waals surface area contributed by atoms with E-state index in [9.17, 15) is 4.39 Å². The van der Waals surface area contributed by atoms with Crippen molar-refractivity contribution in [3.05, 3.63) is 29.6 Å². The van der Waals surface area contributed by atoms with E-state index in [0.29, 0.717) is 12.5 Å². The summed E-state index contributed by atoms with van der Waals surface area (Å²) >= 11 is 0. The number of halogens is 1. The molecular formula is C12H17FN2. The van der Waals surface area contributed by atoms with Gasteiger partial charge in [-0.2, -0.15) is 0 Å². The van der Waals surface area contributed by atoms with Gasteiger partial charge in [0.2, 0.25) is 0 Å². The Morgan fingerprint density at radius 3 is 3.07 bits per heavy atom. The predicted octanol–water partition coefficient (Wildman–Crippen LogP) is 2.10. The average molecular weight is 208 g/mol. The van der Waals surface area contributed by atoms with Gasteiger partial charge in [-0.3, -0.25) is 0 Å². The number of nitrogens with two attached hydrogens (primary N) is 1. The molecule has 1 unspecified atom stereocenters. The van der Waals surface area contributed by atoms with Crippen LogP contribution in [-0.2, 0) is 0 Å². The number of likely N-dealkylation sites (N-methyl/N-ethyl adjacent to an activating group) is 1. The molecule has 0 bridgehead atoms. The predicted molar refractivity (Wildman–Crippen MR) is 60.7 cm³/mol. The summed E-state index contributed by atoms with van der Waals surface area (Å²) in [4.78, 5) is 2.01. The van der Waals surface area contributed by atoms with Gasteiger partial charge in [0.1, 0.15) is 5.82 Å². The van der Waals surface area contributed by atoms with Crippen molar-refractivity contribution in [2.24, 2.45) is 5.73 Å². The molecular weight excluding hydrogens is 191 g/mol. The molecule has 2 N–H and O–H groups in total. The number of para-hydroxylation sites is 1. The first-order valence-corrected chi connectivity index (χ1v) is 5.43. The van der Waals surface area contributed by atoms with Crippen molar-refractivity contribution in [1.82, 2.24) is 0 Å². The smallest absolute Gasteiger partial charge is 0.146 e. The second-order valence-electron chi connectivity index (χ2n) is 4.19. The van der Waals surface area contributed by atoms with E-state index in [4.69, 9.17) is 5.73 Å². The minimum Gasteiger partial charge on any atom is -0.371 e. The van der Waals surface area contributed by atoms with Gasteiger partial charge in [0.25, 0.3) is 0 Å². The first-order chi connectivity index (χ1) is 7.24. The van der Waals surface area contributed by atoms with Crippen molar-refractivity contribution in [1.29, 1.82) is 0 Å². The van der Waals surface area contributed by atoms with Gasteiger partial charge in [-0.05, 0) is 31.0 Å². The Morgan fingerprint density at radius 2 is 2.33 bits per heavy atom. The lowest BCUT2D eigenvalue weighted by Gasteiger charge is -2.12. The maximum atomic E-state index is 13.6. The van der Waals surface area contributed by atoms with E-state index in [-0.39, 0.29) is 5.82 Å². The van der Waals surface area contributed by atoms with E-state index in [1.165, 1.54) is 6.07 Å². The van der Waals surface area contributed by atoms with E-state index >= 15 is 0 Å². The molecule has 0 aromatic heterocycles. The van der Waals surface area contributed by atoms with Crippen LogP contribution in [0.4, 0.5) is 10.1 Å². The zero-order valence-electron chi connectivity index (χ0n) is 9.04. The molecule has 0 radical (unpaired) electrons. The molecule has 0 fully saturated rings. The quantitative estimate of drug-likeness (QED) is 0.824. The standard InChI is InChI=1S/C12H17FN2/c1-15-8-9(4-3-7-14)10-5-2-6-11(13)12(10)15/h2,5-6,9H,3-4,7-8,14H2,1H3. The zero-order valence-corrected chi connectivity index (χ0v) is 9.04. The third-order valence-corrected chi connectivity index (χ3v) is 3.09. The molecule has 0 aliphatic carbocycles. The summed E-state index contributed by atoms with van der Waals surface area (Å²) in [6.45, 7) is 1.63. The van der Waals surface area contributed by atoms with Crippen molar-refractivity contribution in [2.75, 3.05) is 25.0 Å². The van der Waals surface area contributed by atoms with Gasteiger partial charge in [0.05, 0.1) is 5.69 Å². The van der Waals surface area contributed by atoms with Crippen LogP contribution in [0.3, 0.4) is 0 Å². The molecule has 1 aromatic rings. The highest BCUT2D eigenvalue weighted by atomic mass is 19.1. The van der Waals surface area contributed by atoms with Crippen LogP contribution in [0, 0.1) is 5.82 Å².